The molecule has 108 valence electrons. The van der Waals surface area contributed by atoms with Crippen LogP contribution in [-0.4, -0.2) is 10.9 Å². The van der Waals surface area contributed by atoms with Gasteiger partial charge < -0.3 is 9.73 Å². The first-order valence-corrected chi connectivity index (χ1v) is 7.68. The first-order chi connectivity index (χ1) is 10.7. The van der Waals surface area contributed by atoms with Crippen molar-refractivity contribution in [3.63, 3.8) is 0 Å². The number of anilines is 1. The van der Waals surface area contributed by atoms with Gasteiger partial charge in [0.1, 0.15) is 5.58 Å². The number of carbonyl (C=O) groups excluding carboxylic acids is 1. The monoisotopic (exact) mass is 308 g/mol. The van der Waals surface area contributed by atoms with Crippen molar-refractivity contribution in [2.24, 2.45) is 0 Å². The maximum atomic E-state index is 12.3. The van der Waals surface area contributed by atoms with Gasteiger partial charge >= 0.3 is 0 Å². The van der Waals surface area contributed by atoms with Gasteiger partial charge in [0.15, 0.2) is 5.76 Å². The molecule has 4 aromatic rings. The van der Waals surface area contributed by atoms with Crippen LogP contribution in [0.25, 0.3) is 21.2 Å². The smallest absolute Gasteiger partial charge is 0.291 e. The molecule has 4 nitrogen and oxygen atoms in total. The lowest BCUT2D eigenvalue weighted by Crippen LogP contribution is -2.10. The third-order valence-corrected chi connectivity index (χ3v) is 4.34. The summed E-state index contributed by atoms with van der Waals surface area (Å²) in [7, 11) is 0. The molecule has 0 fully saturated rings. The van der Waals surface area contributed by atoms with Gasteiger partial charge in [0.25, 0.3) is 5.91 Å². The van der Waals surface area contributed by atoms with Crippen molar-refractivity contribution in [2.75, 3.05) is 5.32 Å². The van der Waals surface area contributed by atoms with Crippen LogP contribution in [0.3, 0.4) is 0 Å². The fraction of sp³-hybridized carbons (Fsp3) is 0.0588. The number of aromatic nitrogens is 1. The van der Waals surface area contributed by atoms with Gasteiger partial charge in [0, 0.05) is 11.1 Å². The molecule has 0 spiro atoms. The lowest BCUT2D eigenvalue weighted by Gasteiger charge is -2.02. The van der Waals surface area contributed by atoms with Gasteiger partial charge in [-0.1, -0.05) is 18.2 Å². The molecule has 0 aliphatic carbocycles. The summed E-state index contributed by atoms with van der Waals surface area (Å²) in [5.41, 5.74) is 2.40. The van der Waals surface area contributed by atoms with Crippen LogP contribution in [0.1, 0.15) is 15.6 Å². The maximum absolute atomic E-state index is 12.3. The number of para-hydroxylation sites is 1. The fourth-order valence-electron chi connectivity index (χ4n) is 2.40. The Balaban J connectivity index is 1.64. The van der Waals surface area contributed by atoms with Gasteiger partial charge in [-0.2, -0.15) is 0 Å². The predicted molar refractivity (Wildman–Crippen MR) is 88.5 cm³/mol. The van der Waals surface area contributed by atoms with Crippen molar-refractivity contribution < 1.29 is 9.21 Å². The van der Waals surface area contributed by atoms with Gasteiger partial charge in [-0.25, -0.2) is 4.98 Å². The van der Waals surface area contributed by atoms with E-state index in [0.717, 1.165) is 26.3 Å². The zero-order chi connectivity index (χ0) is 15.1. The van der Waals surface area contributed by atoms with Crippen LogP contribution < -0.4 is 5.32 Å². The van der Waals surface area contributed by atoms with Crippen molar-refractivity contribution in [1.29, 1.82) is 0 Å². The summed E-state index contributed by atoms with van der Waals surface area (Å²) in [4.78, 5) is 16.7. The molecule has 4 rings (SSSR count). The van der Waals surface area contributed by atoms with E-state index in [1.807, 2.05) is 49.4 Å². The van der Waals surface area contributed by atoms with Crippen LogP contribution in [0.4, 0.5) is 5.69 Å². The highest BCUT2D eigenvalue weighted by Crippen LogP contribution is 2.25. The molecular formula is C17H12N2O2S. The average molecular weight is 308 g/mol. The van der Waals surface area contributed by atoms with Crippen molar-refractivity contribution in [1.82, 2.24) is 4.98 Å². The van der Waals surface area contributed by atoms with Crippen LogP contribution in [0.2, 0.25) is 0 Å². The minimum atomic E-state index is -0.253. The predicted octanol–water partition coefficient (Wildman–Crippen LogP) is 4.60. The third kappa shape index (κ3) is 2.25. The number of fused-ring (bicyclic) bond motifs is 2. The molecule has 0 bridgehead atoms. The van der Waals surface area contributed by atoms with Gasteiger partial charge in [0.05, 0.1) is 15.2 Å². The van der Waals surface area contributed by atoms with Crippen LogP contribution >= 0.6 is 11.3 Å². The molecule has 0 radical (unpaired) electrons. The SMILES string of the molecule is Cc1nc2ccc(NC(=O)c3cc4ccccc4o3)cc2s1. The number of thiazole rings is 1. The molecule has 5 heteroatoms. The zero-order valence-corrected chi connectivity index (χ0v) is 12.6. The third-order valence-electron chi connectivity index (χ3n) is 3.40. The van der Waals surface area contributed by atoms with E-state index >= 15 is 0 Å². The number of carbonyl (C=O) groups is 1. The molecule has 0 aliphatic rings. The van der Waals surface area contributed by atoms with E-state index in [2.05, 4.69) is 10.3 Å². The van der Waals surface area contributed by atoms with Crippen LogP contribution in [0.5, 0.6) is 0 Å². The van der Waals surface area contributed by atoms with E-state index in [0.29, 0.717) is 11.3 Å². The summed E-state index contributed by atoms with van der Waals surface area (Å²) in [6, 6.07) is 15.0. The normalized spacial score (nSPS) is 11.1. The van der Waals surface area contributed by atoms with E-state index in [-0.39, 0.29) is 5.91 Å². The Morgan fingerprint density at radius 2 is 2.05 bits per heavy atom. The second-order valence-corrected chi connectivity index (χ2v) is 6.25. The number of hydrogen-bond acceptors (Lipinski definition) is 4. The van der Waals surface area contributed by atoms with Gasteiger partial charge in [-0.3, -0.25) is 4.79 Å². The van der Waals surface area contributed by atoms with E-state index in [4.69, 9.17) is 4.42 Å². The van der Waals surface area contributed by atoms with E-state index in [1.54, 1.807) is 17.4 Å². The number of benzene rings is 2. The molecule has 0 aliphatic heterocycles. The number of furan rings is 1. The molecule has 2 heterocycles. The van der Waals surface area contributed by atoms with E-state index in [1.165, 1.54) is 0 Å². The molecular weight excluding hydrogens is 296 g/mol. The van der Waals surface area contributed by atoms with Crippen molar-refractivity contribution in [3.8, 4) is 0 Å². The first kappa shape index (κ1) is 13.0. The summed E-state index contributed by atoms with van der Waals surface area (Å²) < 4.78 is 6.63. The molecule has 2 aromatic heterocycles. The lowest BCUT2D eigenvalue weighted by molar-refractivity contribution is 0.0998. The van der Waals surface area contributed by atoms with Gasteiger partial charge in [-0.05, 0) is 37.3 Å². The van der Waals surface area contributed by atoms with Crippen molar-refractivity contribution in [3.05, 3.63) is 59.3 Å². The van der Waals surface area contributed by atoms with Crippen LogP contribution in [0, 0.1) is 6.92 Å². The Kier molecular flexibility index (Phi) is 2.94. The molecule has 0 unspecified atom stereocenters. The summed E-state index contributed by atoms with van der Waals surface area (Å²) in [6.07, 6.45) is 0. The number of nitrogens with zero attached hydrogens (tertiary/aromatic N) is 1. The minimum absolute atomic E-state index is 0.253. The van der Waals surface area contributed by atoms with E-state index < -0.39 is 0 Å². The van der Waals surface area contributed by atoms with E-state index in [9.17, 15) is 4.79 Å². The Morgan fingerprint density at radius 3 is 2.91 bits per heavy atom. The largest absolute Gasteiger partial charge is 0.451 e. The topological polar surface area (TPSA) is 55.1 Å². The summed E-state index contributed by atoms with van der Waals surface area (Å²) in [5.74, 6) is 0.0542. The number of rotatable bonds is 2. The van der Waals surface area contributed by atoms with Crippen molar-refractivity contribution >= 4 is 44.1 Å². The first-order valence-electron chi connectivity index (χ1n) is 6.86. The number of aryl methyl sites for hydroxylation is 1. The second kappa shape index (κ2) is 4.96. The Hall–Kier alpha value is -2.66. The highest BCUT2D eigenvalue weighted by atomic mass is 32.1. The van der Waals surface area contributed by atoms with Crippen LogP contribution in [0.15, 0.2) is 52.9 Å². The zero-order valence-electron chi connectivity index (χ0n) is 11.8. The standard InChI is InChI=1S/C17H12N2O2S/c1-10-18-13-7-6-12(9-16(13)22-10)19-17(20)15-8-11-4-2-3-5-14(11)21-15/h2-9H,1H3,(H,19,20). The Bertz CT molecular complexity index is 967. The molecule has 0 saturated heterocycles. The minimum Gasteiger partial charge on any atom is -0.451 e. The molecule has 22 heavy (non-hydrogen) atoms. The summed E-state index contributed by atoms with van der Waals surface area (Å²) in [6.45, 7) is 1.97. The number of hydrogen-bond donors (Lipinski definition) is 1. The molecule has 1 amide bonds. The number of amides is 1. The Morgan fingerprint density at radius 1 is 1.18 bits per heavy atom. The highest BCUT2D eigenvalue weighted by Gasteiger charge is 2.12. The lowest BCUT2D eigenvalue weighted by atomic mass is 10.2. The second-order valence-electron chi connectivity index (χ2n) is 5.02. The maximum Gasteiger partial charge on any atom is 0.291 e. The Labute approximate surface area is 130 Å². The summed E-state index contributed by atoms with van der Waals surface area (Å²) >= 11 is 1.61. The average Bonchev–Trinajstić information content (AvgIpc) is 3.08. The quantitative estimate of drug-likeness (QED) is 0.588. The number of nitrogens with one attached hydrogen (secondary N) is 1. The molecule has 0 atom stereocenters. The highest BCUT2D eigenvalue weighted by molar-refractivity contribution is 7.18. The fourth-order valence-corrected chi connectivity index (χ4v) is 3.27. The van der Waals surface area contributed by atoms with Gasteiger partial charge in [-0.15, -0.1) is 11.3 Å². The molecule has 2 aromatic carbocycles. The molecule has 1 N–H and O–H groups in total. The summed E-state index contributed by atoms with van der Waals surface area (Å²) in [5, 5.41) is 4.79. The van der Waals surface area contributed by atoms with Crippen molar-refractivity contribution in [2.45, 2.75) is 6.92 Å². The molecule has 0 saturated carbocycles. The van der Waals surface area contributed by atoms with Crippen LogP contribution in [-0.2, 0) is 0 Å². The van der Waals surface area contributed by atoms with Gasteiger partial charge in [0.2, 0.25) is 0 Å².